The van der Waals surface area contributed by atoms with Gasteiger partial charge in [-0.25, -0.2) is 0 Å². The van der Waals surface area contributed by atoms with Crippen LogP contribution in [0.2, 0.25) is 0 Å². The average Bonchev–Trinajstić information content (AvgIpc) is 2.97. The molecule has 1 aromatic rings. The van der Waals surface area contributed by atoms with E-state index in [1.54, 1.807) is 0 Å². The van der Waals surface area contributed by atoms with Gasteiger partial charge in [-0.1, -0.05) is 40.9 Å². The molecule has 0 fully saturated rings. The SMILES string of the molecule is COC(=O)CCC(C)N1Cc2c(CCCCCCBr)cccc2C1=O. The summed E-state index contributed by atoms with van der Waals surface area (Å²) in [6, 6.07) is 6.11. The number of carbonyl (C=O) groups excluding carboxylic acids is 2. The summed E-state index contributed by atoms with van der Waals surface area (Å²) in [6.07, 6.45) is 6.86. The molecular weight excluding hydrogens is 382 g/mol. The molecular formula is C20H28BrNO3. The van der Waals surface area contributed by atoms with Crippen molar-refractivity contribution in [1.82, 2.24) is 4.90 Å². The summed E-state index contributed by atoms with van der Waals surface area (Å²) in [5, 5.41) is 1.07. The zero-order valence-electron chi connectivity index (χ0n) is 15.2. The molecule has 0 saturated carbocycles. The van der Waals surface area contributed by atoms with E-state index in [1.807, 2.05) is 24.0 Å². The lowest BCUT2D eigenvalue weighted by atomic mass is 9.98. The highest BCUT2D eigenvalue weighted by Crippen LogP contribution is 2.29. The Morgan fingerprint density at radius 2 is 2.04 bits per heavy atom. The lowest BCUT2D eigenvalue weighted by molar-refractivity contribution is -0.141. The minimum Gasteiger partial charge on any atom is -0.469 e. The first-order valence-electron chi connectivity index (χ1n) is 9.13. The van der Waals surface area contributed by atoms with Crippen molar-refractivity contribution in [3.8, 4) is 0 Å². The number of methoxy groups -OCH3 is 1. The second kappa shape index (κ2) is 9.95. The molecule has 0 saturated heterocycles. The number of carbonyl (C=O) groups is 2. The second-order valence-electron chi connectivity index (χ2n) is 6.69. The quantitative estimate of drug-likeness (QED) is 0.325. The van der Waals surface area contributed by atoms with Crippen LogP contribution in [0.15, 0.2) is 18.2 Å². The fourth-order valence-electron chi connectivity index (χ4n) is 3.36. The largest absolute Gasteiger partial charge is 0.469 e. The number of benzene rings is 1. The Bertz CT molecular complexity index is 603. The van der Waals surface area contributed by atoms with Gasteiger partial charge in [-0.3, -0.25) is 9.59 Å². The Kier molecular flexibility index (Phi) is 7.94. The topological polar surface area (TPSA) is 46.6 Å². The van der Waals surface area contributed by atoms with E-state index in [1.165, 1.54) is 37.5 Å². The Labute approximate surface area is 159 Å². The highest BCUT2D eigenvalue weighted by molar-refractivity contribution is 9.09. The second-order valence-corrected chi connectivity index (χ2v) is 7.49. The van der Waals surface area contributed by atoms with E-state index in [0.29, 0.717) is 19.4 Å². The molecule has 0 N–H and O–H groups in total. The minimum absolute atomic E-state index is 0.0331. The van der Waals surface area contributed by atoms with Crippen LogP contribution in [0.25, 0.3) is 0 Å². The molecule has 1 aromatic carbocycles. The number of fused-ring (bicyclic) bond motifs is 1. The van der Waals surface area contributed by atoms with Crippen molar-refractivity contribution in [3.05, 3.63) is 34.9 Å². The van der Waals surface area contributed by atoms with Gasteiger partial charge in [0, 0.05) is 29.9 Å². The molecule has 0 radical (unpaired) electrons. The molecule has 0 spiro atoms. The fraction of sp³-hybridized carbons (Fsp3) is 0.600. The predicted octanol–water partition coefficient (Wildman–Crippen LogP) is 4.48. The molecule has 25 heavy (non-hydrogen) atoms. The van der Waals surface area contributed by atoms with Gasteiger partial charge in [0.25, 0.3) is 5.91 Å². The van der Waals surface area contributed by atoms with E-state index in [4.69, 9.17) is 4.74 Å². The van der Waals surface area contributed by atoms with Crippen molar-refractivity contribution in [2.75, 3.05) is 12.4 Å². The molecule has 1 atom stereocenters. The highest BCUT2D eigenvalue weighted by atomic mass is 79.9. The fourth-order valence-corrected chi connectivity index (χ4v) is 3.75. The van der Waals surface area contributed by atoms with Crippen LogP contribution in [0.3, 0.4) is 0 Å². The number of aryl methyl sites for hydroxylation is 1. The molecule has 1 heterocycles. The lowest BCUT2D eigenvalue weighted by Gasteiger charge is -2.24. The molecule has 1 aliphatic heterocycles. The van der Waals surface area contributed by atoms with Crippen molar-refractivity contribution in [2.24, 2.45) is 0 Å². The highest BCUT2D eigenvalue weighted by Gasteiger charge is 2.32. The van der Waals surface area contributed by atoms with Crippen LogP contribution >= 0.6 is 15.9 Å². The number of ether oxygens (including phenoxy) is 1. The van der Waals surface area contributed by atoms with Crippen LogP contribution in [0.5, 0.6) is 0 Å². The van der Waals surface area contributed by atoms with E-state index in [9.17, 15) is 9.59 Å². The van der Waals surface area contributed by atoms with Crippen LogP contribution in [0.1, 0.15) is 66.9 Å². The third-order valence-electron chi connectivity index (χ3n) is 4.95. The molecule has 0 aromatic heterocycles. The normalized spacial score (nSPS) is 14.5. The minimum atomic E-state index is -0.222. The molecule has 0 bridgehead atoms. The third kappa shape index (κ3) is 5.30. The van der Waals surface area contributed by atoms with Gasteiger partial charge in [-0.2, -0.15) is 0 Å². The Morgan fingerprint density at radius 3 is 2.76 bits per heavy atom. The van der Waals surface area contributed by atoms with Crippen LogP contribution in [-0.2, 0) is 22.5 Å². The molecule has 5 heteroatoms. The summed E-state index contributed by atoms with van der Waals surface area (Å²) >= 11 is 3.47. The van der Waals surface area contributed by atoms with Crippen molar-refractivity contribution in [3.63, 3.8) is 0 Å². The molecule has 4 nitrogen and oxygen atoms in total. The number of unbranched alkanes of at least 4 members (excludes halogenated alkanes) is 3. The summed E-state index contributed by atoms with van der Waals surface area (Å²) < 4.78 is 4.70. The zero-order chi connectivity index (χ0) is 18.2. The number of hydrogen-bond acceptors (Lipinski definition) is 3. The van der Waals surface area contributed by atoms with Crippen LogP contribution < -0.4 is 0 Å². The van der Waals surface area contributed by atoms with Gasteiger partial charge >= 0.3 is 5.97 Å². The van der Waals surface area contributed by atoms with Gasteiger partial charge in [0.2, 0.25) is 0 Å². The number of rotatable bonds is 10. The number of amides is 1. The predicted molar refractivity (Wildman–Crippen MR) is 103 cm³/mol. The summed E-state index contributed by atoms with van der Waals surface area (Å²) in [7, 11) is 1.40. The van der Waals surface area contributed by atoms with Crippen molar-refractivity contribution in [1.29, 1.82) is 0 Å². The molecule has 1 amide bonds. The summed E-state index contributed by atoms with van der Waals surface area (Å²) in [5.41, 5.74) is 3.31. The number of esters is 1. The summed E-state index contributed by atoms with van der Waals surface area (Å²) in [6.45, 7) is 2.67. The van der Waals surface area contributed by atoms with Crippen molar-refractivity contribution in [2.45, 2.75) is 64.5 Å². The standard InChI is InChI=1S/C20H28BrNO3/c1-15(11-12-19(23)25-2)22-14-18-16(8-5-3-4-6-13-21)9-7-10-17(18)20(22)24/h7,9-10,15H,3-6,8,11-14H2,1-2H3. The molecule has 0 aliphatic carbocycles. The average molecular weight is 410 g/mol. The Hall–Kier alpha value is -1.36. The van der Waals surface area contributed by atoms with E-state index in [2.05, 4.69) is 22.0 Å². The summed E-state index contributed by atoms with van der Waals surface area (Å²) in [5.74, 6) is -0.131. The maximum Gasteiger partial charge on any atom is 0.305 e. The zero-order valence-corrected chi connectivity index (χ0v) is 16.8. The van der Waals surface area contributed by atoms with E-state index >= 15 is 0 Å². The van der Waals surface area contributed by atoms with Crippen molar-refractivity contribution >= 4 is 27.8 Å². The van der Waals surface area contributed by atoms with E-state index in [0.717, 1.165) is 23.7 Å². The molecule has 2 rings (SSSR count). The van der Waals surface area contributed by atoms with Gasteiger partial charge in [0.05, 0.1) is 7.11 Å². The van der Waals surface area contributed by atoms with E-state index < -0.39 is 0 Å². The molecule has 1 unspecified atom stereocenters. The maximum absolute atomic E-state index is 12.7. The number of halogens is 1. The van der Waals surface area contributed by atoms with Gasteiger partial charge in [0.15, 0.2) is 0 Å². The van der Waals surface area contributed by atoms with Crippen LogP contribution in [0, 0.1) is 0 Å². The summed E-state index contributed by atoms with van der Waals surface area (Å²) in [4.78, 5) is 26.0. The van der Waals surface area contributed by atoms with Crippen molar-refractivity contribution < 1.29 is 14.3 Å². The lowest BCUT2D eigenvalue weighted by Crippen LogP contribution is -2.33. The first-order valence-corrected chi connectivity index (χ1v) is 10.2. The van der Waals surface area contributed by atoms with Gasteiger partial charge in [0.1, 0.15) is 0 Å². The number of alkyl halides is 1. The van der Waals surface area contributed by atoms with Gasteiger partial charge < -0.3 is 9.64 Å². The van der Waals surface area contributed by atoms with E-state index in [-0.39, 0.29) is 17.9 Å². The molecule has 138 valence electrons. The third-order valence-corrected chi connectivity index (χ3v) is 5.51. The Balaban J connectivity index is 1.97. The molecule has 1 aliphatic rings. The monoisotopic (exact) mass is 409 g/mol. The van der Waals surface area contributed by atoms with Gasteiger partial charge in [-0.15, -0.1) is 0 Å². The first kappa shape index (κ1) is 20.0. The maximum atomic E-state index is 12.7. The smallest absolute Gasteiger partial charge is 0.305 e. The Morgan fingerprint density at radius 1 is 1.28 bits per heavy atom. The van der Waals surface area contributed by atoms with Crippen LogP contribution in [0.4, 0.5) is 0 Å². The first-order chi connectivity index (χ1) is 12.1. The number of nitrogens with zero attached hydrogens (tertiary/aromatic N) is 1. The van der Waals surface area contributed by atoms with Gasteiger partial charge in [-0.05, 0) is 49.8 Å². The number of hydrogen-bond donors (Lipinski definition) is 0. The van der Waals surface area contributed by atoms with Crippen LogP contribution in [-0.4, -0.2) is 35.3 Å².